The molecule has 1 heterocycles. The van der Waals surface area contributed by atoms with E-state index in [1.54, 1.807) is 26.3 Å². The molecule has 6 heteroatoms. The van der Waals surface area contributed by atoms with E-state index in [2.05, 4.69) is 39.5 Å². The number of hydrogen-bond acceptors (Lipinski definition) is 3. The van der Waals surface area contributed by atoms with Gasteiger partial charge in [-0.3, -0.25) is 4.99 Å². The molecule has 3 rings (SSSR count). The molecule has 0 radical (unpaired) electrons. The van der Waals surface area contributed by atoms with Gasteiger partial charge in [-0.25, -0.2) is 4.39 Å². The Morgan fingerprint density at radius 2 is 1.82 bits per heavy atom. The molecule has 0 spiro atoms. The molecule has 1 saturated heterocycles. The third-order valence-electron chi connectivity index (χ3n) is 4.80. The molecule has 2 aromatic carbocycles. The maximum Gasteiger partial charge on any atom is 0.194 e. The predicted octanol–water partition coefficient (Wildman–Crippen LogP) is 3.51. The number of rotatable bonds is 5. The van der Waals surface area contributed by atoms with Crippen molar-refractivity contribution in [2.24, 2.45) is 4.99 Å². The molecule has 2 unspecified atom stereocenters. The molecule has 1 aliphatic rings. The van der Waals surface area contributed by atoms with Crippen molar-refractivity contribution in [3.63, 3.8) is 0 Å². The molecule has 0 amide bonds. The molecule has 2 aromatic rings. The van der Waals surface area contributed by atoms with Gasteiger partial charge in [-0.05, 0) is 35.7 Å². The maximum absolute atomic E-state index is 13.2. The minimum absolute atomic E-state index is 0.0516. The van der Waals surface area contributed by atoms with Gasteiger partial charge in [-0.15, -0.1) is 0 Å². The van der Waals surface area contributed by atoms with Crippen LogP contribution in [-0.2, 0) is 22.6 Å². The van der Waals surface area contributed by atoms with E-state index in [0.717, 1.165) is 23.6 Å². The van der Waals surface area contributed by atoms with Crippen molar-refractivity contribution in [2.45, 2.75) is 32.3 Å². The van der Waals surface area contributed by atoms with Crippen LogP contribution in [0.4, 0.5) is 4.39 Å². The highest BCUT2D eigenvalue weighted by atomic mass is 19.1. The zero-order chi connectivity index (χ0) is 19.9. The van der Waals surface area contributed by atoms with Crippen LogP contribution in [0.1, 0.15) is 29.7 Å². The lowest BCUT2D eigenvalue weighted by molar-refractivity contribution is -0.0605. The second-order valence-corrected chi connectivity index (χ2v) is 7.04. The molecule has 1 aliphatic heterocycles. The van der Waals surface area contributed by atoms with Gasteiger partial charge in [-0.1, -0.05) is 36.4 Å². The summed E-state index contributed by atoms with van der Waals surface area (Å²) < 4.78 is 24.5. The van der Waals surface area contributed by atoms with Crippen LogP contribution in [0.25, 0.3) is 0 Å². The van der Waals surface area contributed by atoms with Crippen LogP contribution in [-0.4, -0.2) is 44.2 Å². The summed E-state index contributed by atoms with van der Waals surface area (Å²) in [4.78, 5) is 6.64. The largest absolute Gasteiger partial charge is 0.380 e. The normalized spacial score (nSPS) is 20.3. The molecule has 0 bridgehead atoms. The summed E-state index contributed by atoms with van der Waals surface area (Å²) in [6.45, 7) is 4.77. The number of guanidine groups is 1. The number of nitrogens with one attached hydrogen (secondary N) is 1. The molecule has 2 atom stereocenters. The summed E-state index contributed by atoms with van der Waals surface area (Å²) in [6.07, 6.45) is -0.0630. The minimum Gasteiger partial charge on any atom is -0.380 e. The second-order valence-electron chi connectivity index (χ2n) is 7.04. The highest BCUT2D eigenvalue weighted by Crippen LogP contribution is 2.25. The Hall–Kier alpha value is -2.44. The first kappa shape index (κ1) is 20.3. The SMILES string of the molecule is CN=C(NCc1ccc(COC)cc1)N1CC(C)OC(c2ccc(F)cc2)C1. The first-order chi connectivity index (χ1) is 13.6. The summed E-state index contributed by atoms with van der Waals surface area (Å²) in [6, 6.07) is 14.9. The number of ether oxygens (including phenoxy) is 2. The van der Waals surface area contributed by atoms with Gasteiger partial charge in [0.1, 0.15) is 11.9 Å². The maximum atomic E-state index is 13.2. The van der Waals surface area contributed by atoms with Gasteiger partial charge in [0, 0.05) is 27.2 Å². The van der Waals surface area contributed by atoms with Crippen LogP contribution in [0.3, 0.4) is 0 Å². The van der Waals surface area contributed by atoms with Gasteiger partial charge in [0.2, 0.25) is 0 Å². The van der Waals surface area contributed by atoms with E-state index in [4.69, 9.17) is 9.47 Å². The van der Waals surface area contributed by atoms with Gasteiger partial charge < -0.3 is 19.7 Å². The Morgan fingerprint density at radius 1 is 1.14 bits per heavy atom. The highest BCUT2D eigenvalue weighted by molar-refractivity contribution is 5.80. The topological polar surface area (TPSA) is 46.1 Å². The van der Waals surface area contributed by atoms with E-state index in [9.17, 15) is 4.39 Å². The molecular weight excluding hydrogens is 357 g/mol. The number of morpholine rings is 1. The van der Waals surface area contributed by atoms with Crippen LogP contribution in [0.5, 0.6) is 0 Å². The Bertz CT molecular complexity index is 777. The molecule has 0 saturated carbocycles. The van der Waals surface area contributed by atoms with E-state index < -0.39 is 0 Å². The molecule has 0 aliphatic carbocycles. The summed E-state index contributed by atoms with van der Waals surface area (Å²) in [5.74, 6) is 0.599. The number of methoxy groups -OCH3 is 1. The highest BCUT2D eigenvalue weighted by Gasteiger charge is 2.28. The van der Waals surface area contributed by atoms with Gasteiger partial charge in [0.25, 0.3) is 0 Å². The molecule has 150 valence electrons. The number of nitrogens with zero attached hydrogens (tertiary/aromatic N) is 2. The van der Waals surface area contributed by atoms with E-state index in [0.29, 0.717) is 19.7 Å². The standard InChI is InChI=1S/C22H28FN3O2/c1-16-13-26(14-21(28-16)19-8-10-20(23)11-9-19)22(24-2)25-12-17-4-6-18(7-5-17)15-27-3/h4-11,16,21H,12-15H2,1-3H3,(H,24,25). The Morgan fingerprint density at radius 3 is 2.46 bits per heavy atom. The van der Waals surface area contributed by atoms with Crippen LogP contribution in [0.2, 0.25) is 0 Å². The summed E-state index contributed by atoms with van der Waals surface area (Å²) in [5.41, 5.74) is 3.30. The molecule has 28 heavy (non-hydrogen) atoms. The Kier molecular flexibility index (Phi) is 7.01. The summed E-state index contributed by atoms with van der Waals surface area (Å²) >= 11 is 0. The van der Waals surface area contributed by atoms with Crippen molar-refractivity contribution in [1.29, 1.82) is 0 Å². The fourth-order valence-corrected chi connectivity index (χ4v) is 3.42. The van der Waals surface area contributed by atoms with Crippen molar-refractivity contribution in [3.8, 4) is 0 Å². The lowest BCUT2D eigenvalue weighted by atomic mass is 10.1. The van der Waals surface area contributed by atoms with Crippen molar-refractivity contribution in [3.05, 3.63) is 71.0 Å². The zero-order valence-corrected chi connectivity index (χ0v) is 16.7. The Balaban J connectivity index is 1.63. The first-order valence-corrected chi connectivity index (χ1v) is 9.52. The summed E-state index contributed by atoms with van der Waals surface area (Å²) in [7, 11) is 3.49. The lowest BCUT2D eigenvalue weighted by Crippen LogP contribution is -2.50. The predicted molar refractivity (Wildman–Crippen MR) is 109 cm³/mol. The number of aliphatic imine (C=N–C) groups is 1. The number of halogens is 1. The van der Waals surface area contributed by atoms with Gasteiger partial charge in [0.15, 0.2) is 5.96 Å². The quantitative estimate of drug-likeness (QED) is 0.632. The van der Waals surface area contributed by atoms with E-state index in [-0.39, 0.29) is 18.0 Å². The third kappa shape index (κ3) is 5.30. The van der Waals surface area contributed by atoms with E-state index in [1.165, 1.54) is 17.7 Å². The number of benzene rings is 2. The minimum atomic E-state index is -0.238. The van der Waals surface area contributed by atoms with Crippen molar-refractivity contribution < 1.29 is 13.9 Å². The molecule has 1 N–H and O–H groups in total. The second kappa shape index (κ2) is 9.66. The third-order valence-corrected chi connectivity index (χ3v) is 4.80. The summed E-state index contributed by atoms with van der Waals surface area (Å²) in [5, 5.41) is 3.44. The van der Waals surface area contributed by atoms with E-state index in [1.807, 2.05) is 6.92 Å². The van der Waals surface area contributed by atoms with Crippen molar-refractivity contribution in [1.82, 2.24) is 10.2 Å². The first-order valence-electron chi connectivity index (χ1n) is 9.52. The van der Waals surface area contributed by atoms with Crippen LogP contribution < -0.4 is 5.32 Å². The van der Waals surface area contributed by atoms with Gasteiger partial charge >= 0.3 is 0 Å². The van der Waals surface area contributed by atoms with Crippen LogP contribution in [0.15, 0.2) is 53.5 Å². The molecule has 5 nitrogen and oxygen atoms in total. The van der Waals surface area contributed by atoms with E-state index >= 15 is 0 Å². The van der Waals surface area contributed by atoms with Crippen molar-refractivity contribution >= 4 is 5.96 Å². The van der Waals surface area contributed by atoms with Crippen molar-refractivity contribution in [2.75, 3.05) is 27.2 Å². The fraction of sp³-hybridized carbons (Fsp3) is 0.409. The van der Waals surface area contributed by atoms with Crippen LogP contribution >= 0.6 is 0 Å². The number of hydrogen-bond donors (Lipinski definition) is 1. The van der Waals surface area contributed by atoms with Gasteiger partial charge in [-0.2, -0.15) is 0 Å². The average Bonchev–Trinajstić information content (AvgIpc) is 2.70. The monoisotopic (exact) mass is 385 g/mol. The molecular formula is C22H28FN3O2. The van der Waals surface area contributed by atoms with Gasteiger partial charge in [0.05, 0.1) is 19.3 Å². The Labute approximate surface area is 166 Å². The fourth-order valence-electron chi connectivity index (χ4n) is 3.42. The lowest BCUT2D eigenvalue weighted by Gasteiger charge is -2.38. The zero-order valence-electron chi connectivity index (χ0n) is 16.7. The van der Waals surface area contributed by atoms with Crippen LogP contribution in [0, 0.1) is 5.82 Å². The molecule has 0 aromatic heterocycles. The average molecular weight is 385 g/mol. The molecule has 1 fully saturated rings. The smallest absolute Gasteiger partial charge is 0.194 e.